The van der Waals surface area contributed by atoms with Gasteiger partial charge < -0.3 is 9.84 Å². The van der Waals surface area contributed by atoms with Crippen LogP contribution in [0.4, 0.5) is 0 Å². The molecule has 1 aromatic rings. The number of ether oxygens (including phenoxy) is 1. The number of fused-ring (bicyclic) bond motifs is 5. The molecule has 0 aliphatic heterocycles. The molecule has 134 valence electrons. The summed E-state index contributed by atoms with van der Waals surface area (Å²) in [7, 11) is 0. The maximum absolute atomic E-state index is 11.4. The van der Waals surface area contributed by atoms with E-state index in [-0.39, 0.29) is 22.9 Å². The van der Waals surface area contributed by atoms with Crippen LogP contribution in [0.25, 0.3) is 0 Å². The zero-order chi connectivity index (χ0) is 17.8. The fourth-order valence-electron chi connectivity index (χ4n) is 6.33. The van der Waals surface area contributed by atoms with Crippen LogP contribution in [0.15, 0.2) is 30.9 Å². The monoisotopic (exact) mass is 340 g/mol. The highest BCUT2D eigenvalue weighted by Crippen LogP contribution is 2.64. The van der Waals surface area contributed by atoms with E-state index in [1.807, 2.05) is 12.1 Å². The Kier molecular flexibility index (Phi) is 3.75. The van der Waals surface area contributed by atoms with E-state index in [1.54, 1.807) is 0 Å². The van der Waals surface area contributed by atoms with Crippen LogP contribution in [0.3, 0.4) is 0 Å². The largest absolute Gasteiger partial charge is 0.508 e. The first-order chi connectivity index (χ1) is 11.9. The van der Waals surface area contributed by atoms with Crippen molar-refractivity contribution in [2.75, 3.05) is 0 Å². The fraction of sp³-hybridized carbons (Fsp3) is 0.591. The number of carbonyl (C=O) groups excluding carboxylic acids is 1. The highest BCUT2D eigenvalue weighted by Gasteiger charge is 2.58. The van der Waals surface area contributed by atoms with Crippen LogP contribution < -0.4 is 0 Å². The van der Waals surface area contributed by atoms with Crippen LogP contribution in [0.2, 0.25) is 0 Å². The maximum atomic E-state index is 11.4. The number of phenolic OH excluding ortho intramolecular Hbond substituents is 1. The molecule has 1 N–H and O–H groups in total. The molecule has 0 saturated heterocycles. The van der Waals surface area contributed by atoms with E-state index < -0.39 is 0 Å². The highest BCUT2D eigenvalue weighted by molar-refractivity contribution is 5.66. The van der Waals surface area contributed by atoms with Crippen molar-refractivity contribution in [3.63, 3.8) is 0 Å². The van der Waals surface area contributed by atoms with E-state index >= 15 is 0 Å². The van der Waals surface area contributed by atoms with Gasteiger partial charge in [0.2, 0.25) is 0 Å². The molecule has 3 aliphatic rings. The van der Waals surface area contributed by atoms with E-state index in [4.69, 9.17) is 4.74 Å². The van der Waals surface area contributed by atoms with Crippen LogP contribution in [0.1, 0.15) is 57.1 Å². The minimum Gasteiger partial charge on any atom is -0.508 e. The van der Waals surface area contributed by atoms with Gasteiger partial charge in [-0.25, -0.2) is 0 Å². The number of esters is 1. The van der Waals surface area contributed by atoms with Crippen LogP contribution in [0.5, 0.6) is 5.75 Å². The smallest absolute Gasteiger partial charge is 0.302 e. The Bertz CT molecular complexity index is 724. The van der Waals surface area contributed by atoms with Gasteiger partial charge in [0, 0.05) is 12.3 Å². The molecule has 25 heavy (non-hydrogen) atoms. The van der Waals surface area contributed by atoms with Gasteiger partial charge in [0.15, 0.2) is 0 Å². The lowest BCUT2D eigenvalue weighted by atomic mass is 9.49. The van der Waals surface area contributed by atoms with Crippen LogP contribution in [0, 0.1) is 17.3 Å². The van der Waals surface area contributed by atoms with Crippen molar-refractivity contribution in [3.8, 4) is 5.75 Å². The molecule has 3 aliphatic carbocycles. The third-order valence-corrected chi connectivity index (χ3v) is 7.37. The van der Waals surface area contributed by atoms with E-state index in [0.29, 0.717) is 17.6 Å². The van der Waals surface area contributed by atoms with Crippen molar-refractivity contribution >= 4 is 5.97 Å². The minimum atomic E-state index is -0.160. The molecule has 0 aromatic heterocycles. The van der Waals surface area contributed by atoms with Gasteiger partial charge in [0.1, 0.15) is 11.9 Å². The number of allylic oxidation sites excluding steroid dienone is 1. The SMILES string of the molecule is C=CC12CC[C@]3(C)CC(OC(C)=O)C[C@H]3[C@@H]1CCc1cc(O)ccc12. The summed E-state index contributed by atoms with van der Waals surface area (Å²) in [6.07, 6.45) is 8.56. The second kappa shape index (κ2) is 5.62. The Balaban J connectivity index is 1.72. The first-order valence-electron chi connectivity index (χ1n) is 9.51. The lowest BCUT2D eigenvalue weighted by Crippen LogP contribution is -2.49. The molecule has 3 nitrogen and oxygen atoms in total. The number of aryl methyl sites for hydroxylation is 1. The van der Waals surface area contributed by atoms with Gasteiger partial charge in [-0.05, 0) is 79.0 Å². The van der Waals surface area contributed by atoms with Crippen molar-refractivity contribution in [2.45, 2.75) is 63.9 Å². The third kappa shape index (κ3) is 2.43. The highest BCUT2D eigenvalue weighted by atomic mass is 16.5. The third-order valence-electron chi connectivity index (χ3n) is 7.37. The van der Waals surface area contributed by atoms with E-state index in [2.05, 4.69) is 25.6 Å². The predicted octanol–water partition coefficient (Wildman–Crippen LogP) is 4.52. The van der Waals surface area contributed by atoms with Gasteiger partial charge in [0.25, 0.3) is 0 Å². The van der Waals surface area contributed by atoms with Gasteiger partial charge in [-0.3, -0.25) is 4.79 Å². The minimum absolute atomic E-state index is 0.00340. The molecular formula is C22H28O3. The van der Waals surface area contributed by atoms with E-state index in [0.717, 1.165) is 38.5 Å². The summed E-state index contributed by atoms with van der Waals surface area (Å²) in [5.41, 5.74) is 2.88. The summed E-state index contributed by atoms with van der Waals surface area (Å²) in [4.78, 5) is 11.4. The van der Waals surface area contributed by atoms with Gasteiger partial charge >= 0.3 is 5.97 Å². The fourth-order valence-corrected chi connectivity index (χ4v) is 6.33. The Morgan fingerprint density at radius 2 is 2.16 bits per heavy atom. The number of aromatic hydroxyl groups is 1. The molecular weight excluding hydrogens is 312 g/mol. The van der Waals surface area contributed by atoms with Crippen molar-refractivity contribution < 1.29 is 14.6 Å². The second-order valence-corrected chi connectivity index (χ2v) is 8.66. The summed E-state index contributed by atoms with van der Waals surface area (Å²) >= 11 is 0. The first kappa shape index (κ1) is 16.7. The molecule has 5 atom stereocenters. The summed E-state index contributed by atoms with van der Waals surface area (Å²) in [6.45, 7) is 8.14. The normalized spacial score (nSPS) is 39.0. The summed E-state index contributed by atoms with van der Waals surface area (Å²) in [5.74, 6) is 1.30. The average molecular weight is 340 g/mol. The predicted molar refractivity (Wildman–Crippen MR) is 97.4 cm³/mol. The number of hydrogen-bond acceptors (Lipinski definition) is 3. The Labute approximate surface area is 150 Å². The molecule has 1 aromatic carbocycles. The Morgan fingerprint density at radius 3 is 2.88 bits per heavy atom. The summed E-state index contributed by atoms with van der Waals surface area (Å²) in [6, 6.07) is 5.86. The topological polar surface area (TPSA) is 46.5 Å². The lowest BCUT2D eigenvalue weighted by molar-refractivity contribution is -0.146. The van der Waals surface area contributed by atoms with Crippen molar-refractivity contribution in [2.24, 2.45) is 17.3 Å². The number of hydrogen-bond donors (Lipinski definition) is 1. The molecule has 2 fully saturated rings. The Hall–Kier alpha value is -1.77. The number of benzene rings is 1. The van der Waals surface area contributed by atoms with Crippen molar-refractivity contribution in [1.82, 2.24) is 0 Å². The molecule has 2 saturated carbocycles. The molecule has 0 spiro atoms. The van der Waals surface area contributed by atoms with E-state index in [9.17, 15) is 9.90 Å². The van der Waals surface area contributed by atoms with Crippen molar-refractivity contribution in [1.29, 1.82) is 0 Å². The van der Waals surface area contributed by atoms with E-state index in [1.165, 1.54) is 18.1 Å². The number of rotatable bonds is 2. The summed E-state index contributed by atoms with van der Waals surface area (Å²) in [5, 5.41) is 9.88. The van der Waals surface area contributed by atoms with Crippen LogP contribution >= 0.6 is 0 Å². The molecule has 0 heterocycles. The standard InChI is InChI=1S/C22H28O3/c1-4-22-10-9-21(3)13-17(25-14(2)23)12-20(21)19(22)7-5-15-11-16(24)6-8-18(15)22/h4,6,8,11,17,19-20,24H,1,5,7,9-10,12-13H2,2-3H3/t17?,19-,20-,21+,22?/m0/s1. The van der Waals surface area contributed by atoms with Gasteiger partial charge in [-0.15, -0.1) is 6.58 Å². The number of carbonyl (C=O) groups is 1. The quantitative estimate of drug-likeness (QED) is 0.636. The lowest BCUT2D eigenvalue weighted by Gasteiger charge is -2.55. The maximum Gasteiger partial charge on any atom is 0.302 e. The molecule has 4 rings (SSSR count). The van der Waals surface area contributed by atoms with Gasteiger partial charge in [-0.2, -0.15) is 0 Å². The molecule has 0 bridgehead atoms. The van der Waals surface area contributed by atoms with Gasteiger partial charge in [-0.1, -0.05) is 19.1 Å². The van der Waals surface area contributed by atoms with Crippen LogP contribution in [-0.4, -0.2) is 17.2 Å². The van der Waals surface area contributed by atoms with Gasteiger partial charge in [0.05, 0.1) is 0 Å². The zero-order valence-electron chi connectivity index (χ0n) is 15.3. The zero-order valence-corrected chi connectivity index (χ0v) is 15.3. The molecule has 2 unspecified atom stereocenters. The van der Waals surface area contributed by atoms with Crippen molar-refractivity contribution in [3.05, 3.63) is 42.0 Å². The molecule has 0 amide bonds. The number of phenols is 1. The average Bonchev–Trinajstić information content (AvgIpc) is 2.89. The molecule has 3 heteroatoms. The van der Waals surface area contributed by atoms with Crippen LogP contribution in [-0.2, 0) is 21.4 Å². The first-order valence-corrected chi connectivity index (χ1v) is 9.51. The summed E-state index contributed by atoms with van der Waals surface area (Å²) < 4.78 is 5.60. The molecule has 0 radical (unpaired) electrons. The Morgan fingerprint density at radius 1 is 1.36 bits per heavy atom. The second-order valence-electron chi connectivity index (χ2n) is 8.66.